The zero-order valence-electron chi connectivity index (χ0n) is 10.9. The fourth-order valence-corrected chi connectivity index (χ4v) is 2.84. The summed E-state index contributed by atoms with van der Waals surface area (Å²) in [5.41, 5.74) is 0. The predicted molar refractivity (Wildman–Crippen MR) is 66.8 cm³/mol. The van der Waals surface area contributed by atoms with E-state index < -0.39 is 0 Å². The summed E-state index contributed by atoms with van der Waals surface area (Å²) in [6.45, 7) is 2.82. The summed E-state index contributed by atoms with van der Waals surface area (Å²) in [7, 11) is 2.01. The molecule has 2 atom stereocenters. The van der Waals surface area contributed by atoms with Crippen molar-refractivity contribution in [1.29, 1.82) is 0 Å². The van der Waals surface area contributed by atoms with Gasteiger partial charge in [0.2, 0.25) is 5.91 Å². The third kappa shape index (κ3) is 3.19. The molecule has 0 aromatic rings. The second-order valence-electron chi connectivity index (χ2n) is 5.40. The number of hydrogen-bond donors (Lipinski definition) is 2. The molecule has 17 heavy (non-hydrogen) atoms. The van der Waals surface area contributed by atoms with Crippen LogP contribution >= 0.6 is 0 Å². The highest BCUT2D eigenvalue weighted by atomic mass is 16.5. The first-order chi connectivity index (χ1) is 8.20. The maximum Gasteiger partial charge on any atom is 0.249 e. The minimum atomic E-state index is -0.211. The summed E-state index contributed by atoms with van der Waals surface area (Å²) in [5, 5.41) is 6.45. The lowest BCUT2D eigenvalue weighted by molar-refractivity contribution is -0.132. The third-order valence-electron chi connectivity index (χ3n) is 4.13. The molecule has 2 rings (SSSR count). The van der Waals surface area contributed by atoms with Gasteiger partial charge in [0.15, 0.2) is 0 Å². The van der Waals surface area contributed by atoms with Gasteiger partial charge in [-0.3, -0.25) is 4.79 Å². The Morgan fingerprint density at radius 2 is 1.76 bits per heavy atom. The first-order valence-corrected chi connectivity index (χ1v) is 6.80. The molecule has 1 amide bonds. The quantitative estimate of drug-likeness (QED) is 0.775. The molecule has 1 saturated heterocycles. The molecule has 1 aliphatic heterocycles. The van der Waals surface area contributed by atoms with E-state index in [4.69, 9.17) is 4.74 Å². The highest BCUT2D eigenvalue weighted by Crippen LogP contribution is 2.22. The van der Waals surface area contributed by atoms with E-state index in [0.29, 0.717) is 18.0 Å². The lowest BCUT2D eigenvalue weighted by Gasteiger charge is -2.29. The summed E-state index contributed by atoms with van der Waals surface area (Å²) >= 11 is 0. The largest absolute Gasteiger partial charge is 0.368 e. The predicted octanol–water partition coefficient (Wildman–Crippen LogP) is 1.06. The molecule has 1 saturated carbocycles. The van der Waals surface area contributed by atoms with Gasteiger partial charge in [-0.2, -0.15) is 0 Å². The summed E-state index contributed by atoms with van der Waals surface area (Å²) in [6, 6.07) is 0.980. The maximum atomic E-state index is 12.0. The van der Waals surface area contributed by atoms with Crippen LogP contribution in [0.3, 0.4) is 0 Å². The molecule has 2 aliphatic rings. The average Bonchev–Trinajstić information content (AvgIpc) is 2.76. The molecule has 0 aromatic carbocycles. The van der Waals surface area contributed by atoms with E-state index in [0.717, 1.165) is 38.7 Å². The van der Waals surface area contributed by atoms with Crippen molar-refractivity contribution in [2.75, 3.05) is 13.7 Å². The van der Waals surface area contributed by atoms with Crippen LogP contribution in [0.1, 0.15) is 39.0 Å². The number of amides is 1. The number of carbonyl (C=O) groups is 1. The van der Waals surface area contributed by atoms with Gasteiger partial charge in [-0.25, -0.2) is 0 Å². The van der Waals surface area contributed by atoms with Crippen molar-refractivity contribution >= 4 is 5.91 Å². The monoisotopic (exact) mass is 240 g/mol. The highest BCUT2D eigenvalue weighted by Gasteiger charge is 2.32. The van der Waals surface area contributed by atoms with Gasteiger partial charge in [-0.1, -0.05) is 6.92 Å². The number of rotatable bonds is 3. The standard InChI is InChI=1S/C13H24N2O2/c1-9-7-8-17-12(9)13(16)15-11-5-3-10(14-2)4-6-11/h9-12,14H,3-8H2,1-2H3,(H,15,16). The van der Waals surface area contributed by atoms with Crippen LogP contribution in [0, 0.1) is 5.92 Å². The highest BCUT2D eigenvalue weighted by molar-refractivity contribution is 5.81. The molecule has 4 heteroatoms. The average molecular weight is 240 g/mol. The van der Waals surface area contributed by atoms with E-state index in [2.05, 4.69) is 17.6 Å². The number of ether oxygens (including phenoxy) is 1. The molecule has 0 radical (unpaired) electrons. The molecule has 1 heterocycles. The van der Waals surface area contributed by atoms with Crippen LogP contribution in [0.5, 0.6) is 0 Å². The molecule has 1 aliphatic carbocycles. The van der Waals surface area contributed by atoms with Gasteiger partial charge < -0.3 is 15.4 Å². The molecular weight excluding hydrogens is 216 g/mol. The lowest BCUT2D eigenvalue weighted by Crippen LogP contribution is -2.46. The molecule has 2 fully saturated rings. The fourth-order valence-electron chi connectivity index (χ4n) is 2.84. The Morgan fingerprint density at radius 3 is 2.29 bits per heavy atom. The first kappa shape index (κ1) is 12.8. The molecule has 2 N–H and O–H groups in total. The van der Waals surface area contributed by atoms with Crippen LogP contribution in [0.15, 0.2) is 0 Å². The number of hydrogen-bond acceptors (Lipinski definition) is 3. The molecule has 0 aromatic heterocycles. The van der Waals surface area contributed by atoms with Crippen molar-refractivity contribution in [1.82, 2.24) is 10.6 Å². The van der Waals surface area contributed by atoms with Crippen molar-refractivity contribution in [3.05, 3.63) is 0 Å². The molecule has 0 bridgehead atoms. The molecule has 98 valence electrons. The Morgan fingerprint density at radius 1 is 1.12 bits per heavy atom. The fraction of sp³-hybridized carbons (Fsp3) is 0.923. The van der Waals surface area contributed by atoms with Crippen LogP contribution < -0.4 is 10.6 Å². The Kier molecular flexibility index (Phi) is 4.40. The minimum Gasteiger partial charge on any atom is -0.368 e. The van der Waals surface area contributed by atoms with Gasteiger partial charge in [0.25, 0.3) is 0 Å². The zero-order chi connectivity index (χ0) is 12.3. The van der Waals surface area contributed by atoms with Crippen molar-refractivity contribution in [3.63, 3.8) is 0 Å². The van der Waals surface area contributed by atoms with Gasteiger partial charge >= 0.3 is 0 Å². The number of nitrogens with one attached hydrogen (secondary N) is 2. The molecule has 2 unspecified atom stereocenters. The third-order valence-corrected chi connectivity index (χ3v) is 4.13. The summed E-state index contributed by atoms with van der Waals surface area (Å²) in [4.78, 5) is 12.0. The van der Waals surface area contributed by atoms with Crippen molar-refractivity contribution in [3.8, 4) is 0 Å². The minimum absolute atomic E-state index is 0.0999. The second-order valence-corrected chi connectivity index (χ2v) is 5.40. The Hall–Kier alpha value is -0.610. The van der Waals surface area contributed by atoms with E-state index in [1.54, 1.807) is 0 Å². The van der Waals surface area contributed by atoms with Gasteiger partial charge in [-0.05, 0) is 45.1 Å². The normalized spacial score (nSPS) is 38.0. The molecular formula is C13H24N2O2. The molecule has 4 nitrogen and oxygen atoms in total. The second kappa shape index (κ2) is 5.83. The van der Waals surface area contributed by atoms with Crippen molar-refractivity contribution in [2.24, 2.45) is 5.92 Å². The maximum absolute atomic E-state index is 12.0. The summed E-state index contributed by atoms with van der Waals surface area (Å²) in [6.07, 6.45) is 5.27. The Labute approximate surface area is 103 Å². The van der Waals surface area contributed by atoms with Gasteiger partial charge in [0.05, 0.1) is 0 Å². The Bertz CT molecular complexity index is 262. The SMILES string of the molecule is CNC1CCC(NC(=O)C2OCCC2C)CC1. The Balaban J connectivity index is 1.76. The van der Waals surface area contributed by atoms with Gasteiger partial charge in [-0.15, -0.1) is 0 Å². The van der Waals surface area contributed by atoms with Gasteiger partial charge in [0.1, 0.15) is 6.10 Å². The van der Waals surface area contributed by atoms with E-state index in [-0.39, 0.29) is 12.0 Å². The van der Waals surface area contributed by atoms with Crippen LogP contribution in [-0.2, 0) is 9.53 Å². The van der Waals surface area contributed by atoms with E-state index in [1.165, 1.54) is 0 Å². The van der Waals surface area contributed by atoms with Crippen LogP contribution in [-0.4, -0.2) is 37.7 Å². The van der Waals surface area contributed by atoms with E-state index >= 15 is 0 Å². The van der Waals surface area contributed by atoms with Crippen molar-refractivity contribution < 1.29 is 9.53 Å². The number of carbonyl (C=O) groups excluding carboxylic acids is 1. The van der Waals surface area contributed by atoms with Crippen LogP contribution in [0.4, 0.5) is 0 Å². The smallest absolute Gasteiger partial charge is 0.249 e. The van der Waals surface area contributed by atoms with Gasteiger partial charge in [0, 0.05) is 18.7 Å². The van der Waals surface area contributed by atoms with Crippen molar-refractivity contribution in [2.45, 2.75) is 57.2 Å². The zero-order valence-corrected chi connectivity index (χ0v) is 10.9. The van der Waals surface area contributed by atoms with Crippen LogP contribution in [0.2, 0.25) is 0 Å². The summed E-state index contributed by atoms with van der Waals surface area (Å²) < 4.78 is 5.49. The van der Waals surface area contributed by atoms with E-state index in [1.807, 2.05) is 7.05 Å². The van der Waals surface area contributed by atoms with Crippen LogP contribution in [0.25, 0.3) is 0 Å². The summed E-state index contributed by atoms with van der Waals surface area (Å²) in [5.74, 6) is 0.464. The topological polar surface area (TPSA) is 50.4 Å². The van der Waals surface area contributed by atoms with E-state index in [9.17, 15) is 4.79 Å². The lowest BCUT2D eigenvalue weighted by atomic mass is 9.91. The molecule has 0 spiro atoms. The first-order valence-electron chi connectivity index (χ1n) is 6.80.